The number of nitrogens with one attached hydrogen (secondary N) is 1. The summed E-state index contributed by atoms with van der Waals surface area (Å²) in [7, 11) is -4.20. The van der Waals surface area contributed by atoms with E-state index in [1.807, 2.05) is 0 Å². The fraction of sp³-hybridized carbons (Fsp3) is 0.462. The number of anilines is 1. The molecule has 1 saturated carbocycles. The molecular weight excluding hydrogens is 623 g/mol. The molecule has 1 aliphatic rings. The largest absolute Gasteiger partial charge is 0.417 e. The Hall–Kier alpha value is -2.31. The third kappa shape index (κ3) is 8.59. The molecule has 0 spiro atoms. The SMILES string of the molecule is C[C@@H](C(=O)NC1CCCCC1)N(Cc1ccc(Br)cc1)C(=O)CN(c1ccc(Cl)c(C(F)(F)F)c1)S(C)(=O)=O. The Morgan fingerprint density at radius 3 is 2.28 bits per heavy atom. The van der Waals surface area contributed by atoms with Crippen molar-refractivity contribution < 1.29 is 31.2 Å². The van der Waals surface area contributed by atoms with Crippen molar-refractivity contribution in [2.24, 2.45) is 0 Å². The van der Waals surface area contributed by atoms with E-state index in [9.17, 15) is 31.2 Å². The Labute approximate surface area is 239 Å². The lowest BCUT2D eigenvalue weighted by molar-refractivity contribution is -0.139. The van der Waals surface area contributed by atoms with E-state index in [4.69, 9.17) is 11.6 Å². The van der Waals surface area contributed by atoms with E-state index >= 15 is 0 Å². The Kier molecular flexibility index (Phi) is 10.3. The maximum atomic E-state index is 13.6. The minimum atomic E-state index is -4.83. The molecule has 7 nitrogen and oxygen atoms in total. The summed E-state index contributed by atoms with van der Waals surface area (Å²) in [6.45, 7) is 0.719. The van der Waals surface area contributed by atoms with Crippen molar-refractivity contribution in [1.29, 1.82) is 0 Å². The lowest BCUT2D eigenvalue weighted by atomic mass is 9.95. The van der Waals surface area contributed by atoms with E-state index in [2.05, 4.69) is 21.2 Å². The zero-order valence-corrected chi connectivity index (χ0v) is 24.6. The van der Waals surface area contributed by atoms with Crippen LogP contribution in [0.3, 0.4) is 0 Å². The van der Waals surface area contributed by atoms with Gasteiger partial charge in [0.25, 0.3) is 0 Å². The van der Waals surface area contributed by atoms with Crippen LogP contribution < -0.4 is 9.62 Å². The van der Waals surface area contributed by atoms with Gasteiger partial charge in [-0.25, -0.2) is 8.42 Å². The molecule has 2 aromatic rings. The zero-order valence-electron chi connectivity index (χ0n) is 21.5. The molecule has 13 heteroatoms. The summed E-state index contributed by atoms with van der Waals surface area (Å²) in [6.07, 6.45) is 0.701. The summed E-state index contributed by atoms with van der Waals surface area (Å²) < 4.78 is 67.1. The summed E-state index contributed by atoms with van der Waals surface area (Å²) in [5.74, 6) is -1.14. The fourth-order valence-electron chi connectivity index (χ4n) is 4.44. The molecule has 1 atom stereocenters. The predicted molar refractivity (Wildman–Crippen MR) is 148 cm³/mol. The molecule has 0 heterocycles. The van der Waals surface area contributed by atoms with Crippen molar-refractivity contribution >= 4 is 55.1 Å². The van der Waals surface area contributed by atoms with Crippen molar-refractivity contribution in [3.8, 4) is 0 Å². The quantitative estimate of drug-likeness (QED) is 0.374. The molecule has 214 valence electrons. The number of halogens is 5. The van der Waals surface area contributed by atoms with Crippen molar-refractivity contribution in [3.05, 3.63) is 63.1 Å². The first-order valence-corrected chi connectivity index (χ1v) is 15.4. The number of carbonyl (C=O) groups is 2. The van der Waals surface area contributed by atoms with E-state index in [0.717, 1.165) is 55.0 Å². The fourth-order valence-corrected chi connectivity index (χ4v) is 5.77. The van der Waals surface area contributed by atoms with Gasteiger partial charge in [-0.3, -0.25) is 13.9 Å². The molecular formula is C26H30BrClF3N3O4S. The summed E-state index contributed by atoms with van der Waals surface area (Å²) in [6, 6.07) is 8.67. The minimum absolute atomic E-state index is 0.0132. The van der Waals surface area contributed by atoms with Crippen LogP contribution in [0.5, 0.6) is 0 Å². The normalized spacial score (nSPS) is 15.5. The van der Waals surface area contributed by atoms with Gasteiger partial charge in [0.2, 0.25) is 21.8 Å². The maximum Gasteiger partial charge on any atom is 0.417 e. The van der Waals surface area contributed by atoms with Crippen molar-refractivity contribution in [2.75, 3.05) is 17.1 Å². The van der Waals surface area contributed by atoms with Crippen LogP contribution >= 0.6 is 27.5 Å². The van der Waals surface area contributed by atoms with Crippen LogP contribution in [-0.4, -0.2) is 50.0 Å². The molecule has 1 fully saturated rings. The van der Waals surface area contributed by atoms with Crippen molar-refractivity contribution in [1.82, 2.24) is 10.2 Å². The van der Waals surface area contributed by atoms with Crippen LogP contribution in [0.2, 0.25) is 5.02 Å². The summed E-state index contributed by atoms with van der Waals surface area (Å²) in [4.78, 5) is 28.0. The average Bonchev–Trinajstić information content (AvgIpc) is 2.86. The first kappa shape index (κ1) is 31.2. The Morgan fingerprint density at radius 2 is 1.72 bits per heavy atom. The second-order valence-electron chi connectivity index (χ2n) is 9.60. The number of nitrogens with zero attached hydrogens (tertiary/aromatic N) is 2. The predicted octanol–water partition coefficient (Wildman–Crippen LogP) is 5.75. The number of alkyl halides is 3. The molecule has 3 rings (SSSR count). The first-order chi connectivity index (χ1) is 18.2. The van der Waals surface area contributed by atoms with Gasteiger partial charge < -0.3 is 10.2 Å². The zero-order chi connectivity index (χ0) is 29.0. The topological polar surface area (TPSA) is 86.8 Å². The number of hydrogen-bond donors (Lipinski definition) is 1. The third-order valence-corrected chi connectivity index (χ3v) is 8.61. The van der Waals surface area contributed by atoms with Gasteiger partial charge in [-0.05, 0) is 55.7 Å². The Morgan fingerprint density at radius 1 is 1.10 bits per heavy atom. The number of sulfonamides is 1. The molecule has 1 aliphatic carbocycles. The monoisotopic (exact) mass is 651 g/mol. The summed E-state index contributed by atoms with van der Waals surface area (Å²) in [5, 5.41) is 2.38. The van der Waals surface area contributed by atoms with Gasteiger partial charge in [-0.15, -0.1) is 0 Å². The highest BCUT2D eigenvalue weighted by molar-refractivity contribution is 9.10. The first-order valence-electron chi connectivity index (χ1n) is 12.4. The second kappa shape index (κ2) is 12.9. The number of rotatable bonds is 9. The second-order valence-corrected chi connectivity index (χ2v) is 12.8. The van der Waals surface area contributed by atoms with Gasteiger partial charge in [0.05, 0.1) is 22.5 Å². The lowest BCUT2D eigenvalue weighted by Crippen LogP contribution is -2.53. The molecule has 0 unspecified atom stereocenters. The standard InChI is InChI=1S/C26H30BrClF3N3O4S/c1-17(25(36)32-20-6-4-3-5-7-20)33(15-18-8-10-19(27)11-9-18)24(35)16-34(39(2,37)38)21-12-13-23(28)22(14-21)26(29,30)31/h8-14,17,20H,3-7,15-16H2,1-2H3,(H,32,36)/t17-/m0/s1. The van der Waals surface area contributed by atoms with Gasteiger partial charge in [-0.2, -0.15) is 13.2 Å². The third-order valence-electron chi connectivity index (χ3n) is 6.61. The number of hydrogen-bond acceptors (Lipinski definition) is 4. The molecule has 39 heavy (non-hydrogen) atoms. The molecule has 0 radical (unpaired) electrons. The van der Waals surface area contributed by atoms with E-state index < -0.39 is 45.3 Å². The number of amides is 2. The molecule has 0 aliphatic heterocycles. The van der Waals surface area contributed by atoms with Gasteiger partial charge >= 0.3 is 6.18 Å². The van der Waals surface area contributed by atoms with Gasteiger partial charge in [0.15, 0.2) is 0 Å². The smallest absolute Gasteiger partial charge is 0.352 e. The number of carbonyl (C=O) groups excluding carboxylic acids is 2. The van der Waals surface area contributed by atoms with Crippen LogP contribution in [0, 0.1) is 0 Å². The highest BCUT2D eigenvalue weighted by atomic mass is 79.9. The van der Waals surface area contributed by atoms with Crippen LogP contribution in [0.1, 0.15) is 50.2 Å². The van der Waals surface area contributed by atoms with Gasteiger partial charge in [-0.1, -0.05) is 58.9 Å². The van der Waals surface area contributed by atoms with Crippen molar-refractivity contribution in [3.63, 3.8) is 0 Å². The Bertz CT molecular complexity index is 1290. The summed E-state index contributed by atoms with van der Waals surface area (Å²) >= 11 is 9.05. The molecule has 2 amide bonds. The van der Waals surface area contributed by atoms with Crippen LogP contribution in [0.25, 0.3) is 0 Å². The minimum Gasteiger partial charge on any atom is -0.352 e. The lowest BCUT2D eigenvalue weighted by Gasteiger charge is -2.33. The van der Waals surface area contributed by atoms with E-state index in [-0.39, 0.29) is 24.2 Å². The Balaban J connectivity index is 1.92. The maximum absolute atomic E-state index is 13.6. The molecule has 0 saturated heterocycles. The summed E-state index contributed by atoms with van der Waals surface area (Å²) in [5.41, 5.74) is -0.916. The van der Waals surface area contributed by atoms with Crippen LogP contribution in [0.15, 0.2) is 46.9 Å². The van der Waals surface area contributed by atoms with E-state index in [0.29, 0.717) is 15.9 Å². The highest BCUT2D eigenvalue weighted by Gasteiger charge is 2.36. The van der Waals surface area contributed by atoms with Gasteiger partial charge in [0, 0.05) is 17.1 Å². The van der Waals surface area contributed by atoms with E-state index in [1.54, 1.807) is 31.2 Å². The number of benzene rings is 2. The molecule has 1 N–H and O–H groups in total. The molecule has 0 bridgehead atoms. The molecule has 0 aromatic heterocycles. The van der Waals surface area contributed by atoms with Crippen LogP contribution in [0.4, 0.5) is 18.9 Å². The van der Waals surface area contributed by atoms with E-state index in [1.165, 1.54) is 4.90 Å². The van der Waals surface area contributed by atoms with Crippen LogP contribution in [-0.2, 0) is 32.3 Å². The highest BCUT2D eigenvalue weighted by Crippen LogP contribution is 2.37. The van der Waals surface area contributed by atoms with Gasteiger partial charge in [0.1, 0.15) is 12.6 Å². The molecule has 2 aromatic carbocycles. The van der Waals surface area contributed by atoms with Crippen molar-refractivity contribution in [2.45, 2.75) is 63.8 Å². The average molecular weight is 653 g/mol.